The summed E-state index contributed by atoms with van der Waals surface area (Å²) >= 11 is 0. The van der Waals surface area contributed by atoms with Gasteiger partial charge in [-0.1, -0.05) is 13.8 Å². The molecule has 0 unspecified atom stereocenters. The van der Waals surface area contributed by atoms with Crippen molar-refractivity contribution in [2.75, 3.05) is 0 Å². The van der Waals surface area contributed by atoms with E-state index in [9.17, 15) is 10.1 Å². The molecule has 0 saturated carbocycles. The number of hydrogen-bond acceptors (Lipinski definition) is 5. The second kappa shape index (κ2) is 4.98. The van der Waals surface area contributed by atoms with E-state index in [4.69, 9.17) is 10.5 Å². The third-order valence-electron chi connectivity index (χ3n) is 4.41. The number of nitrogens with zero attached hydrogens (tertiary/aromatic N) is 3. The minimum Gasteiger partial charge on any atom is -0.444 e. The van der Waals surface area contributed by atoms with Crippen LogP contribution >= 0.6 is 0 Å². The Bertz CT molecular complexity index is 805. The summed E-state index contributed by atoms with van der Waals surface area (Å²) in [6.07, 6.45) is 1.06. The van der Waals surface area contributed by atoms with Gasteiger partial charge in [-0.15, -0.1) is 0 Å². The van der Waals surface area contributed by atoms with Gasteiger partial charge < -0.3 is 10.5 Å². The quantitative estimate of drug-likeness (QED) is 0.857. The van der Waals surface area contributed by atoms with Crippen molar-refractivity contribution in [3.05, 3.63) is 40.2 Å². The zero-order chi connectivity index (χ0) is 16.9. The van der Waals surface area contributed by atoms with Crippen molar-refractivity contribution < 1.29 is 9.53 Å². The van der Waals surface area contributed by atoms with Crippen LogP contribution in [0.15, 0.2) is 28.9 Å². The van der Waals surface area contributed by atoms with Crippen LogP contribution in [0.4, 0.5) is 0 Å². The first kappa shape index (κ1) is 15.3. The summed E-state index contributed by atoms with van der Waals surface area (Å²) in [5.74, 6) is 0.186. The maximum atomic E-state index is 12.8. The van der Waals surface area contributed by atoms with E-state index in [1.54, 1.807) is 11.7 Å². The fraction of sp³-hybridized carbons (Fsp3) is 0.471. The lowest BCUT2D eigenvalue weighted by Gasteiger charge is -2.37. The van der Waals surface area contributed by atoms with Crippen LogP contribution in [0.2, 0.25) is 0 Å². The molecule has 0 saturated heterocycles. The van der Waals surface area contributed by atoms with Gasteiger partial charge in [0.25, 0.3) is 0 Å². The van der Waals surface area contributed by atoms with Gasteiger partial charge in [-0.3, -0.25) is 9.48 Å². The Balaban J connectivity index is 2.22. The number of aryl methyl sites for hydroxylation is 2. The van der Waals surface area contributed by atoms with Gasteiger partial charge in [-0.25, -0.2) is 0 Å². The Kier molecular flexibility index (Phi) is 3.33. The normalized spacial score (nSPS) is 23.4. The van der Waals surface area contributed by atoms with Gasteiger partial charge in [0.15, 0.2) is 5.78 Å². The largest absolute Gasteiger partial charge is 0.444 e. The Morgan fingerprint density at radius 3 is 2.74 bits per heavy atom. The van der Waals surface area contributed by atoms with Crippen LogP contribution in [0.25, 0.3) is 0 Å². The summed E-state index contributed by atoms with van der Waals surface area (Å²) in [4.78, 5) is 12.8. The van der Waals surface area contributed by atoms with Gasteiger partial charge in [0.1, 0.15) is 17.4 Å². The minimum absolute atomic E-state index is 0.0142. The number of Topliss-reactive ketones (excluding diaryl/α,β-unsaturated/α-hetero) is 1. The van der Waals surface area contributed by atoms with Crippen LogP contribution in [0.5, 0.6) is 0 Å². The van der Waals surface area contributed by atoms with Crippen molar-refractivity contribution in [1.82, 2.24) is 9.78 Å². The number of ketones is 1. The highest BCUT2D eigenvalue weighted by molar-refractivity contribution is 5.99. The third kappa shape index (κ3) is 2.42. The Morgan fingerprint density at radius 1 is 1.48 bits per heavy atom. The molecule has 6 nitrogen and oxygen atoms in total. The number of aromatic nitrogens is 2. The summed E-state index contributed by atoms with van der Waals surface area (Å²) in [6, 6.07) is 4.00. The lowest BCUT2D eigenvalue weighted by Crippen LogP contribution is -2.34. The summed E-state index contributed by atoms with van der Waals surface area (Å²) in [5, 5.41) is 13.9. The van der Waals surface area contributed by atoms with Gasteiger partial charge in [-0.2, -0.15) is 10.4 Å². The molecule has 0 spiro atoms. The highest BCUT2D eigenvalue weighted by atomic mass is 16.5. The van der Waals surface area contributed by atoms with E-state index in [1.807, 2.05) is 26.8 Å². The molecule has 2 heterocycles. The lowest BCUT2D eigenvalue weighted by atomic mass is 9.71. The average Bonchev–Trinajstić information content (AvgIpc) is 2.74. The summed E-state index contributed by atoms with van der Waals surface area (Å²) in [6.45, 7) is 5.94. The molecule has 1 aromatic heterocycles. The van der Waals surface area contributed by atoms with Crippen LogP contribution in [0.3, 0.4) is 0 Å². The maximum Gasteiger partial charge on any atom is 0.205 e. The number of rotatable bonds is 1. The van der Waals surface area contributed by atoms with Gasteiger partial charge in [0.2, 0.25) is 5.88 Å². The molecule has 0 aromatic carbocycles. The van der Waals surface area contributed by atoms with E-state index < -0.39 is 5.92 Å². The predicted molar refractivity (Wildman–Crippen MR) is 83.6 cm³/mol. The van der Waals surface area contributed by atoms with E-state index in [-0.39, 0.29) is 22.7 Å². The van der Waals surface area contributed by atoms with E-state index >= 15 is 0 Å². The van der Waals surface area contributed by atoms with E-state index in [0.717, 1.165) is 11.4 Å². The summed E-state index contributed by atoms with van der Waals surface area (Å²) in [5.41, 5.74) is 8.25. The highest BCUT2D eigenvalue weighted by Crippen LogP contribution is 2.47. The van der Waals surface area contributed by atoms with Crippen molar-refractivity contribution in [1.29, 1.82) is 5.26 Å². The summed E-state index contributed by atoms with van der Waals surface area (Å²) in [7, 11) is 1.81. The lowest BCUT2D eigenvalue weighted by molar-refractivity contribution is -0.119. The Morgan fingerprint density at radius 2 is 2.17 bits per heavy atom. The summed E-state index contributed by atoms with van der Waals surface area (Å²) < 4.78 is 7.36. The zero-order valence-corrected chi connectivity index (χ0v) is 13.8. The first-order chi connectivity index (χ1) is 10.7. The van der Waals surface area contributed by atoms with Gasteiger partial charge in [-0.05, 0) is 18.4 Å². The molecule has 23 heavy (non-hydrogen) atoms. The fourth-order valence-electron chi connectivity index (χ4n) is 3.48. The molecule has 0 amide bonds. The highest BCUT2D eigenvalue weighted by Gasteiger charge is 2.43. The molecule has 3 rings (SSSR count). The number of hydrogen-bond donors (Lipinski definition) is 1. The fourth-order valence-corrected chi connectivity index (χ4v) is 3.48. The molecule has 0 fully saturated rings. The molecular weight excluding hydrogens is 292 g/mol. The SMILES string of the molecule is Cc1cc([C@@H]2C(C#N)=C(N)OC3=C2C(=O)CC(C)(C)C3)n(C)n1. The number of nitrogens with two attached hydrogens (primary N) is 1. The van der Waals surface area contributed by atoms with E-state index in [2.05, 4.69) is 11.2 Å². The number of carbonyl (C=O) groups is 1. The van der Waals surface area contributed by atoms with E-state index in [1.165, 1.54) is 0 Å². The molecule has 1 atom stereocenters. The Hall–Kier alpha value is -2.55. The van der Waals surface area contributed by atoms with Gasteiger partial charge in [0.05, 0.1) is 17.3 Å². The van der Waals surface area contributed by atoms with Crippen LogP contribution in [-0.4, -0.2) is 15.6 Å². The number of nitriles is 1. The molecule has 6 heteroatoms. The Labute approximate surface area is 135 Å². The standard InChI is InChI=1S/C17H20N4O2/c1-9-5-11(21(4)20-9)14-10(8-18)16(19)23-13-7-17(2,3)6-12(22)15(13)14/h5,14H,6-7,19H2,1-4H3/t14-/m0/s1. The first-order valence-corrected chi connectivity index (χ1v) is 7.58. The average molecular weight is 312 g/mol. The van der Waals surface area contributed by atoms with Crippen molar-refractivity contribution in [2.45, 2.75) is 39.5 Å². The number of ether oxygens (including phenoxy) is 1. The molecule has 1 aliphatic carbocycles. The van der Waals surface area contributed by atoms with Crippen LogP contribution in [-0.2, 0) is 16.6 Å². The predicted octanol–water partition coefficient (Wildman–Crippen LogP) is 2.18. The first-order valence-electron chi connectivity index (χ1n) is 7.58. The molecule has 0 bridgehead atoms. The zero-order valence-electron chi connectivity index (χ0n) is 13.8. The number of allylic oxidation sites excluding steroid dienone is 3. The van der Waals surface area contributed by atoms with Crippen molar-refractivity contribution in [3.8, 4) is 6.07 Å². The molecule has 1 aliphatic heterocycles. The molecule has 0 radical (unpaired) electrons. The van der Waals surface area contributed by atoms with Crippen LogP contribution in [0.1, 0.15) is 44.0 Å². The van der Waals surface area contributed by atoms with Crippen molar-refractivity contribution >= 4 is 5.78 Å². The minimum atomic E-state index is -0.501. The second-order valence-corrected chi connectivity index (χ2v) is 7.04. The van der Waals surface area contributed by atoms with Gasteiger partial charge >= 0.3 is 0 Å². The maximum absolute atomic E-state index is 12.8. The molecule has 2 aliphatic rings. The van der Waals surface area contributed by atoms with Crippen LogP contribution in [0, 0.1) is 23.7 Å². The van der Waals surface area contributed by atoms with Crippen molar-refractivity contribution in [3.63, 3.8) is 0 Å². The van der Waals surface area contributed by atoms with E-state index in [0.29, 0.717) is 24.2 Å². The third-order valence-corrected chi connectivity index (χ3v) is 4.41. The van der Waals surface area contributed by atoms with Crippen LogP contribution < -0.4 is 5.73 Å². The van der Waals surface area contributed by atoms with Gasteiger partial charge in [0, 0.05) is 25.5 Å². The second-order valence-electron chi connectivity index (χ2n) is 7.04. The number of carbonyl (C=O) groups excluding carboxylic acids is 1. The topological polar surface area (TPSA) is 93.9 Å². The van der Waals surface area contributed by atoms with Crippen molar-refractivity contribution in [2.24, 2.45) is 18.2 Å². The smallest absolute Gasteiger partial charge is 0.205 e. The molecular formula is C17H20N4O2. The molecule has 1 aromatic rings. The molecule has 2 N–H and O–H groups in total. The monoisotopic (exact) mass is 312 g/mol. The molecule has 120 valence electrons.